The summed E-state index contributed by atoms with van der Waals surface area (Å²) in [6, 6.07) is 0. The highest BCUT2D eigenvalue weighted by Crippen LogP contribution is 2.46. The Balaban J connectivity index is 1.08. The lowest BCUT2D eigenvalue weighted by Gasteiger charge is -2.44. The van der Waals surface area contributed by atoms with Crippen molar-refractivity contribution in [2.75, 3.05) is 99.1 Å². The van der Waals surface area contributed by atoms with E-state index in [4.69, 9.17) is 71.1 Å². The van der Waals surface area contributed by atoms with Crippen LogP contribution >= 0.6 is 0 Å². The maximum absolute atomic E-state index is 11.8. The van der Waals surface area contributed by atoms with Gasteiger partial charge in [0.2, 0.25) is 40.5 Å². The molecule has 8 aliphatic heterocycles. The minimum absolute atomic E-state index is 0.919. The standard InChI is InChI=1S/C48H82O41/c49-1-16-25(59)34(68)42(9-56,82-16)76-12-45(37(71)28(62)19(4-52)85-45)78-14-47(39(73)30(64)21(6-54)87-47)80-15-48(40(74)31(65)22(7-55)88-48)79-13-46(38(72)29(63)20(5-53)86-46)77-11-44(36(70)27(61)18(3-51)84-44)75-8-23-24(58)32(66)33(67)41(81-23)89-43(10-57)35(69)26(60)17(2-50)83-43/h16-41,49-74H,1-15H2. The molecule has 41 heteroatoms. The van der Waals surface area contributed by atoms with E-state index in [1.807, 2.05) is 0 Å². The molecular formula is C48H82O41. The summed E-state index contributed by atoms with van der Waals surface area (Å²) >= 11 is 0. The molecule has 8 rings (SSSR count). The molecule has 520 valence electrons. The monoisotopic (exact) mass is 1310 g/mol. The number of ether oxygens (including phenoxy) is 15. The van der Waals surface area contributed by atoms with Gasteiger partial charge < -0.3 is 204 Å². The summed E-state index contributed by atoms with van der Waals surface area (Å²) in [5, 5.41) is 280. The maximum Gasteiger partial charge on any atom is 0.224 e. The van der Waals surface area contributed by atoms with Crippen LogP contribution in [0.1, 0.15) is 0 Å². The van der Waals surface area contributed by atoms with E-state index < -0.39 is 299 Å². The van der Waals surface area contributed by atoms with Crippen molar-refractivity contribution in [3.8, 4) is 0 Å². The SMILES string of the molecule is OCC1OC(CO)(OCC2(OCC3(OCC4(OCC5(OCC6(OCC7OC(OC8(CO)OC(CO)C(O)C8O)C(O)C(O)C7O)OC(CO)C(O)C6O)OC(CO)C(O)C5O)OC(CO)C(O)C4O)OC(CO)C(O)C3O)OC(CO)C(O)C2O)C(O)C1O. The van der Waals surface area contributed by atoms with Gasteiger partial charge in [0.05, 0.1) is 52.9 Å². The molecule has 0 aromatic heterocycles. The summed E-state index contributed by atoms with van der Waals surface area (Å²) in [6.07, 6.45) is -54.0. The van der Waals surface area contributed by atoms with E-state index in [0.29, 0.717) is 0 Å². The van der Waals surface area contributed by atoms with Crippen LogP contribution in [0.15, 0.2) is 0 Å². The Morgan fingerprint density at radius 1 is 0.236 bits per heavy atom. The van der Waals surface area contributed by atoms with Gasteiger partial charge in [-0.05, 0) is 0 Å². The van der Waals surface area contributed by atoms with Gasteiger partial charge in [-0.2, -0.15) is 0 Å². The lowest BCUT2D eigenvalue weighted by atomic mass is 9.98. The highest BCUT2D eigenvalue weighted by atomic mass is 16.8. The summed E-state index contributed by atoms with van der Waals surface area (Å²) in [7, 11) is 0. The van der Waals surface area contributed by atoms with Gasteiger partial charge in [0.1, 0.15) is 199 Å². The van der Waals surface area contributed by atoms with Crippen molar-refractivity contribution >= 4 is 0 Å². The van der Waals surface area contributed by atoms with Crippen molar-refractivity contribution < 1.29 is 204 Å². The number of hydrogen-bond donors (Lipinski definition) is 26. The molecule has 89 heavy (non-hydrogen) atoms. The van der Waals surface area contributed by atoms with Crippen LogP contribution in [-0.2, 0) is 71.1 Å². The second-order valence-electron chi connectivity index (χ2n) is 22.8. The summed E-state index contributed by atoms with van der Waals surface area (Å²) < 4.78 is 86.3. The summed E-state index contributed by atoms with van der Waals surface area (Å²) in [5.41, 5.74) is 0. The Kier molecular flexibility index (Phi) is 23.5. The molecule has 0 aromatic rings. The van der Waals surface area contributed by atoms with Crippen LogP contribution in [0.4, 0.5) is 0 Å². The largest absolute Gasteiger partial charge is 0.394 e. The van der Waals surface area contributed by atoms with E-state index >= 15 is 0 Å². The minimum atomic E-state index is -3.05. The molecule has 8 fully saturated rings. The Morgan fingerprint density at radius 3 is 0.719 bits per heavy atom. The van der Waals surface area contributed by atoms with Crippen molar-refractivity contribution in [3.05, 3.63) is 0 Å². The molecule has 41 nitrogen and oxygen atoms in total. The fraction of sp³-hybridized carbons (Fsp3) is 1.00. The molecule has 0 radical (unpaired) electrons. The molecule has 0 bridgehead atoms. The van der Waals surface area contributed by atoms with Crippen LogP contribution in [-0.4, -0.2) is 431 Å². The van der Waals surface area contributed by atoms with Gasteiger partial charge in [-0.3, -0.25) is 0 Å². The van der Waals surface area contributed by atoms with E-state index in [1.165, 1.54) is 0 Å². The van der Waals surface area contributed by atoms with Gasteiger partial charge in [0.15, 0.2) is 6.29 Å². The normalized spacial score (nSPS) is 52.7. The first kappa shape index (κ1) is 73.2. The van der Waals surface area contributed by atoms with Gasteiger partial charge in [-0.25, -0.2) is 0 Å². The summed E-state index contributed by atoms with van der Waals surface area (Å²) in [4.78, 5) is 0. The van der Waals surface area contributed by atoms with Crippen molar-refractivity contribution in [2.24, 2.45) is 0 Å². The molecule has 0 amide bonds. The van der Waals surface area contributed by atoms with Crippen LogP contribution in [0.5, 0.6) is 0 Å². The van der Waals surface area contributed by atoms with Crippen LogP contribution < -0.4 is 0 Å². The van der Waals surface area contributed by atoms with E-state index in [0.717, 1.165) is 0 Å². The quantitative estimate of drug-likeness (QED) is 0.0331. The Labute approximate surface area is 501 Å². The molecular weight excluding hydrogens is 1230 g/mol. The Bertz CT molecular complexity index is 2260. The lowest BCUT2D eigenvalue weighted by molar-refractivity contribution is -0.395. The molecule has 0 aromatic carbocycles. The highest BCUT2D eigenvalue weighted by Gasteiger charge is 2.68. The van der Waals surface area contributed by atoms with Gasteiger partial charge in [-0.1, -0.05) is 0 Å². The van der Waals surface area contributed by atoms with Gasteiger partial charge in [-0.15, -0.1) is 0 Å². The second-order valence-corrected chi connectivity index (χ2v) is 22.8. The molecule has 26 N–H and O–H groups in total. The van der Waals surface area contributed by atoms with E-state index in [-0.39, 0.29) is 0 Å². The Morgan fingerprint density at radius 2 is 0.461 bits per heavy atom. The first-order chi connectivity index (χ1) is 42.0. The number of hydrogen-bond acceptors (Lipinski definition) is 41. The molecule has 0 spiro atoms. The maximum atomic E-state index is 11.8. The van der Waals surface area contributed by atoms with E-state index in [1.54, 1.807) is 0 Å². The number of aliphatic hydroxyl groups is 26. The van der Waals surface area contributed by atoms with Crippen LogP contribution in [0.25, 0.3) is 0 Å². The third-order valence-electron chi connectivity index (χ3n) is 17.3. The number of rotatable bonds is 29. The zero-order chi connectivity index (χ0) is 65.7. The van der Waals surface area contributed by atoms with Crippen LogP contribution in [0, 0.1) is 0 Å². The van der Waals surface area contributed by atoms with Crippen LogP contribution in [0.3, 0.4) is 0 Å². The third-order valence-corrected chi connectivity index (χ3v) is 17.3. The van der Waals surface area contributed by atoms with Crippen molar-refractivity contribution in [1.82, 2.24) is 0 Å². The highest BCUT2D eigenvalue weighted by molar-refractivity contribution is 5.07. The third kappa shape index (κ3) is 13.0. The van der Waals surface area contributed by atoms with E-state index in [2.05, 4.69) is 0 Å². The number of aliphatic hydroxyl groups excluding tert-OH is 26. The van der Waals surface area contributed by atoms with E-state index in [9.17, 15) is 133 Å². The lowest BCUT2D eigenvalue weighted by Crippen LogP contribution is -2.63. The fourth-order valence-corrected chi connectivity index (χ4v) is 11.7. The molecule has 33 atom stereocenters. The van der Waals surface area contributed by atoms with Crippen molar-refractivity contribution in [2.45, 2.75) is 199 Å². The first-order valence-electron chi connectivity index (χ1n) is 27.9. The van der Waals surface area contributed by atoms with Crippen molar-refractivity contribution in [1.29, 1.82) is 0 Å². The second kappa shape index (κ2) is 28.6. The van der Waals surface area contributed by atoms with Gasteiger partial charge in [0, 0.05) is 0 Å². The zero-order valence-electron chi connectivity index (χ0n) is 46.9. The smallest absolute Gasteiger partial charge is 0.224 e. The predicted octanol–water partition coefficient (Wildman–Crippen LogP) is -18.4. The van der Waals surface area contributed by atoms with Gasteiger partial charge >= 0.3 is 0 Å². The minimum Gasteiger partial charge on any atom is -0.394 e. The summed E-state index contributed by atoms with van der Waals surface area (Å²) in [6.45, 7) is -18.1. The molecule has 0 saturated carbocycles. The Hall–Kier alpha value is -1.64. The molecule has 8 saturated heterocycles. The first-order valence-corrected chi connectivity index (χ1v) is 27.9. The average molecular weight is 1320 g/mol. The molecule has 0 aliphatic carbocycles. The molecule has 33 unspecified atom stereocenters. The average Bonchev–Trinajstić information content (AvgIpc) is 2.29. The fourth-order valence-electron chi connectivity index (χ4n) is 11.7. The predicted molar refractivity (Wildman–Crippen MR) is 265 cm³/mol. The van der Waals surface area contributed by atoms with Crippen molar-refractivity contribution in [3.63, 3.8) is 0 Å². The topological polar surface area (TPSA) is 664 Å². The van der Waals surface area contributed by atoms with Gasteiger partial charge in [0.25, 0.3) is 0 Å². The zero-order valence-corrected chi connectivity index (χ0v) is 46.9. The molecule has 8 aliphatic rings. The molecule has 8 heterocycles. The summed E-state index contributed by atoms with van der Waals surface area (Å²) in [5.74, 6) is -20.2. The van der Waals surface area contributed by atoms with Crippen LogP contribution in [0.2, 0.25) is 0 Å².